The summed E-state index contributed by atoms with van der Waals surface area (Å²) in [6, 6.07) is 35.1. The second-order valence-corrected chi connectivity index (χ2v) is 14.9. The highest BCUT2D eigenvalue weighted by Crippen LogP contribution is 2.44. The van der Waals surface area contributed by atoms with E-state index in [1.54, 1.807) is 89.5 Å². The highest BCUT2D eigenvalue weighted by atomic mass is 19.4. The molecule has 4 nitrogen and oxygen atoms in total. The van der Waals surface area contributed by atoms with Crippen LogP contribution in [-0.4, -0.2) is 19.5 Å². The van der Waals surface area contributed by atoms with Crippen LogP contribution < -0.4 is 0 Å². The molecule has 2 aromatic heterocycles. The molecule has 9 rings (SSSR count). The molecular weight excluding hydrogens is 873 g/mol. The van der Waals surface area contributed by atoms with Crippen molar-refractivity contribution in [2.24, 2.45) is 0 Å². The smallest absolute Gasteiger partial charge is 0.309 e. The van der Waals surface area contributed by atoms with E-state index < -0.39 is 52.5 Å². The van der Waals surface area contributed by atoms with Crippen LogP contribution in [0.15, 0.2) is 158 Å². The maximum Gasteiger partial charge on any atom is 0.416 e. The first-order valence-corrected chi connectivity index (χ1v) is 19.4. The van der Waals surface area contributed by atoms with Crippen LogP contribution >= 0.6 is 0 Å². The molecule has 2 heterocycles. The van der Waals surface area contributed by atoms with Gasteiger partial charge >= 0.3 is 24.7 Å². The summed E-state index contributed by atoms with van der Waals surface area (Å²) in [4.78, 5) is 14.1. The number of fused-ring (bicyclic) bond motifs is 3. The van der Waals surface area contributed by atoms with Crippen LogP contribution in [0.25, 0.3) is 83.9 Å². The van der Waals surface area contributed by atoms with Gasteiger partial charge in [0.15, 0.2) is 17.5 Å². The molecule has 65 heavy (non-hydrogen) atoms. The monoisotopic (exact) mass is 898 g/mol. The minimum atomic E-state index is -5.17. The van der Waals surface area contributed by atoms with E-state index in [2.05, 4.69) is 4.98 Å². The van der Waals surface area contributed by atoms with Gasteiger partial charge in [0.1, 0.15) is 0 Å². The Morgan fingerprint density at radius 3 is 1.26 bits per heavy atom. The van der Waals surface area contributed by atoms with Crippen molar-refractivity contribution in [1.82, 2.24) is 19.5 Å². The summed E-state index contributed by atoms with van der Waals surface area (Å²) in [5, 5.41) is 0.920. The third kappa shape index (κ3) is 8.39. The van der Waals surface area contributed by atoms with Crippen LogP contribution in [0.5, 0.6) is 0 Å². The molecule has 0 bridgehead atoms. The number of alkyl halides is 12. The molecule has 0 aliphatic rings. The largest absolute Gasteiger partial charge is 0.416 e. The van der Waals surface area contributed by atoms with Crippen LogP contribution in [0, 0.1) is 0 Å². The van der Waals surface area contributed by atoms with Crippen LogP contribution in [0.1, 0.15) is 22.3 Å². The van der Waals surface area contributed by atoms with Gasteiger partial charge in [-0.25, -0.2) is 15.0 Å². The fourth-order valence-electron chi connectivity index (χ4n) is 7.70. The molecular formula is C49H26F12N4. The number of rotatable bonds is 6. The highest BCUT2D eigenvalue weighted by Gasteiger charge is 2.39. The highest BCUT2D eigenvalue weighted by molar-refractivity contribution is 6.10. The van der Waals surface area contributed by atoms with Gasteiger partial charge in [-0.15, -0.1) is 0 Å². The summed E-state index contributed by atoms with van der Waals surface area (Å²) < 4.78 is 171. The third-order valence-electron chi connectivity index (χ3n) is 10.7. The third-order valence-corrected chi connectivity index (χ3v) is 10.7. The normalized spacial score (nSPS) is 12.6. The van der Waals surface area contributed by atoms with E-state index in [0.717, 1.165) is 0 Å². The van der Waals surface area contributed by atoms with Crippen molar-refractivity contribution >= 4 is 21.8 Å². The van der Waals surface area contributed by atoms with Gasteiger partial charge in [-0.1, -0.05) is 91.0 Å². The summed E-state index contributed by atoms with van der Waals surface area (Å²) in [5.41, 5.74) is -4.75. The Morgan fingerprint density at radius 1 is 0.308 bits per heavy atom. The SMILES string of the molecule is FC(F)(F)c1cc(-c2ccc3c(c2)c2ccccc2n3-c2ccc(-c3cc(C(F)(F)F)cc(C(F)(F)F)c3)c(-c3nc(-c4ccccc4)nc(-c4ccccc4)n3)c2)cc(C(F)(F)F)c1. The number of benzene rings is 7. The van der Waals surface area contributed by atoms with Gasteiger partial charge in [0.2, 0.25) is 0 Å². The van der Waals surface area contributed by atoms with Crippen molar-refractivity contribution in [2.45, 2.75) is 24.7 Å². The Balaban J connectivity index is 1.32. The number of aromatic nitrogens is 4. The number of hydrogen-bond acceptors (Lipinski definition) is 3. The first kappa shape index (κ1) is 42.8. The Bertz CT molecular complexity index is 3140. The zero-order chi connectivity index (χ0) is 46.1. The van der Waals surface area contributed by atoms with Crippen molar-refractivity contribution in [2.75, 3.05) is 0 Å². The average Bonchev–Trinajstić information content (AvgIpc) is 3.61. The molecule has 0 N–H and O–H groups in total. The summed E-state index contributed by atoms with van der Waals surface area (Å²) in [6.07, 6.45) is -20.5. The quantitative estimate of drug-likeness (QED) is 0.156. The van der Waals surface area contributed by atoms with Crippen LogP contribution in [-0.2, 0) is 24.7 Å². The molecule has 0 atom stereocenters. The number of hydrogen-bond donors (Lipinski definition) is 0. The Kier molecular flexibility index (Phi) is 10.3. The minimum Gasteiger partial charge on any atom is -0.309 e. The lowest BCUT2D eigenvalue weighted by Crippen LogP contribution is -2.11. The summed E-state index contributed by atoms with van der Waals surface area (Å²) in [7, 11) is 0. The molecule has 0 amide bonds. The van der Waals surface area contributed by atoms with Gasteiger partial charge in [0.05, 0.1) is 33.3 Å². The van der Waals surface area contributed by atoms with Gasteiger partial charge in [0.25, 0.3) is 0 Å². The predicted molar refractivity (Wildman–Crippen MR) is 221 cm³/mol. The lowest BCUT2D eigenvalue weighted by molar-refractivity contribution is -0.144. The molecule has 0 aliphatic carbocycles. The fourth-order valence-corrected chi connectivity index (χ4v) is 7.70. The molecule has 0 fully saturated rings. The Hall–Kier alpha value is -7.49. The Labute approximate surface area is 360 Å². The van der Waals surface area contributed by atoms with Gasteiger partial charge in [-0.2, -0.15) is 52.7 Å². The molecule has 0 saturated carbocycles. The molecule has 16 heteroatoms. The number of nitrogens with zero attached hydrogens (tertiary/aromatic N) is 4. The lowest BCUT2D eigenvalue weighted by Gasteiger charge is -2.18. The summed E-state index contributed by atoms with van der Waals surface area (Å²) in [6.45, 7) is 0. The molecule has 326 valence electrons. The topological polar surface area (TPSA) is 43.6 Å². The molecule has 9 aromatic rings. The van der Waals surface area contributed by atoms with E-state index in [1.165, 1.54) is 36.4 Å². The number of halogens is 12. The van der Waals surface area contributed by atoms with Crippen molar-refractivity contribution in [1.29, 1.82) is 0 Å². The number of para-hydroxylation sites is 1. The van der Waals surface area contributed by atoms with Gasteiger partial charge in [-0.3, -0.25) is 0 Å². The molecule has 7 aromatic carbocycles. The van der Waals surface area contributed by atoms with E-state index >= 15 is 0 Å². The molecule has 0 aliphatic heterocycles. The average molecular weight is 899 g/mol. The van der Waals surface area contributed by atoms with Crippen molar-refractivity contribution in [3.05, 3.63) is 180 Å². The standard InChI is InChI=1S/C49H26F12N4/c50-46(51,52)32-19-30(20-33(24-32)47(53,54)55)29-15-18-42-39(23-29)38-13-7-8-14-41(38)65(42)36-16-17-37(31-21-34(48(56,57)58)25-35(22-31)49(59,60)61)40(26-36)45-63-43(27-9-3-1-4-10-27)62-44(64-45)28-11-5-2-6-12-28/h1-26H. The van der Waals surface area contributed by atoms with Crippen LogP contribution in [0.2, 0.25) is 0 Å². The molecule has 0 unspecified atom stereocenters. The van der Waals surface area contributed by atoms with E-state index in [1.807, 2.05) is 0 Å². The lowest BCUT2D eigenvalue weighted by atomic mass is 9.94. The van der Waals surface area contributed by atoms with Gasteiger partial charge in [-0.05, 0) is 89.0 Å². The first-order valence-electron chi connectivity index (χ1n) is 19.4. The van der Waals surface area contributed by atoms with Gasteiger partial charge in [0, 0.05) is 33.2 Å². The zero-order valence-corrected chi connectivity index (χ0v) is 32.8. The van der Waals surface area contributed by atoms with Crippen molar-refractivity contribution < 1.29 is 52.7 Å². The van der Waals surface area contributed by atoms with E-state index in [0.29, 0.717) is 62.9 Å². The van der Waals surface area contributed by atoms with E-state index in [-0.39, 0.29) is 51.9 Å². The maximum absolute atomic E-state index is 14.3. The maximum atomic E-state index is 14.3. The first-order chi connectivity index (χ1) is 30.7. The zero-order valence-electron chi connectivity index (χ0n) is 32.8. The predicted octanol–water partition coefficient (Wildman–Crippen LogP) is 15.4. The summed E-state index contributed by atoms with van der Waals surface area (Å²) in [5.74, 6) is 0.158. The van der Waals surface area contributed by atoms with Crippen molar-refractivity contribution in [3.63, 3.8) is 0 Å². The fraction of sp³-hybridized carbons (Fsp3) is 0.0816. The van der Waals surface area contributed by atoms with Gasteiger partial charge < -0.3 is 4.57 Å². The molecule has 0 radical (unpaired) electrons. The van der Waals surface area contributed by atoms with Crippen LogP contribution in [0.3, 0.4) is 0 Å². The Morgan fingerprint density at radius 2 is 0.754 bits per heavy atom. The second kappa shape index (κ2) is 15.6. The van der Waals surface area contributed by atoms with Crippen LogP contribution in [0.4, 0.5) is 52.7 Å². The second-order valence-electron chi connectivity index (χ2n) is 14.9. The molecule has 0 spiro atoms. The van der Waals surface area contributed by atoms with Crippen molar-refractivity contribution in [3.8, 4) is 62.1 Å². The summed E-state index contributed by atoms with van der Waals surface area (Å²) >= 11 is 0. The minimum absolute atomic E-state index is 0.00194. The van der Waals surface area contributed by atoms with E-state index in [9.17, 15) is 52.7 Å². The molecule has 0 saturated heterocycles. The van der Waals surface area contributed by atoms with E-state index in [4.69, 9.17) is 9.97 Å².